The average molecular weight is 355 g/mol. The van der Waals surface area contributed by atoms with Crippen molar-refractivity contribution >= 4 is 33.5 Å². The first-order chi connectivity index (χ1) is 9.75. The van der Waals surface area contributed by atoms with E-state index in [0.29, 0.717) is 11.1 Å². The van der Waals surface area contributed by atoms with Crippen LogP contribution in [0.4, 0.5) is 5.95 Å². The van der Waals surface area contributed by atoms with Crippen LogP contribution < -0.4 is 5.32 Å². The van der Waals surface area contributed by atoms with E-state index in [9.17, 15) is 0 Å². The normalized spacial score (nSPS) is 16.3. The Hall–Kier alpha value is -1.00. The van der Waals surface area contributed by atoms with E-state index in [4.69, 9.17) is 11.6 Å². The van der Waals surface area contributed by atoms with Crippen LogP contribution in [0.1, 0.15) is 32.1 Å². The highest BCUT2D eigenvalue weighted by molar-refractivity contribution is 9.10. The lowest BCUT2D eigenvalue weighted by molar-refractivity contribution is 0.460. The van der Waals surface area contributed by atoms with Crippen LogP contribution in [0.15, 0.2) is 35.1 Å². The molecule has 1 aromatic heterocycles. The zero-order chi connectivity index (χ0) is 13.9. The van der Waals surface area contributed by atoms with Gasteiger partial charge in [-0.25, -0.2) is 4.98 Å². The van der Waals surface area contributed by atoms with Crippen molar-refractivity contribution in [2.24, 2.45) is 0 Å². The molecule has 0 bridgehead atoms. The van der Waals surface area contributed by atoms with E-state index < -0.39 is 0 Å². The third-order valence-corrected chi connectivity index (χ3v) is 5.15. The standard InChI is InChI=1S/C15H17BrClN3/c16-14-12(17)7-4-8-13(14)20-10-9-18-15(20)19-11-5-2-1-3-6-11/h4,7-11H,1-3,5-6H2,(H,18,19). The number of hydrogen-bond donors (Lipinski definition) is 1. The minimum Gasteiger partial charge on any atom is -0.353 e. The Morgan fingerprint density at radius 1 is 1.25 bits per heavy atom. The van der Waals surface area contributed by atoms with Crippen LogP contribution in [-0.4, -0.2) is 15.6 Å². The predicted octanol–water partition coefficient (Wildman–Crippen LogP) is 5.03. The van der Waals surface area contributed by atoms with E-state index in [1.807, 2.05) is 35.2 Å². The molecule has 0 spiro atoms. The van der Waals surface area contributed by atoms with Gasteiger partial charge < -0.3 is 5.32 Å². The third kappa shape index (κ3) is 2.86. The quantitative estimate of drug-likeness (QED) is 0.837. The van der Waals surface area contributed by atoms with Crippen molar-refractivity contribution in [2.45, 2.75) is 38.1 Å². The second kappa shape index (κ2) is 6.19. The summed E-state index contributed by atoms with van der Waals surface area (Å²) in [5, 5.41) is 4.27. The molecule has 2 aromatic rings. The van der Waals surface area contributed by atoms with Crippen molar-refractivity contribution in [2.75, 3.05) is 5.32 Å². The number of rotatable bonds is 3. The maximum atomic E-state index is 6.17. The first-order valence-corrected chi connectivity index (χ1v) is 8.17. The van der Waals surface area contributed by atoms with E-state index in [1.165, 1.54) is 32.1 Å². The smallest absolute Gasteiger partial charge is 0.207 e. The molecule has 0 saturated heterocycles. The second-order valence-corrected chi connectivity index (χ2v) is 6.37. The molecular weight excluding hydrogens is 338 g/mol. The molecule has 1 aromatic carbocycles. The molecule has 1 fully saturated rings. The summed E-state index contributed by atoms with van der Waals surface area (Å²) < 4.78 is 2.94. The summed E-state index contributed by atoms with van der Waals surface area (Å²) in [6.45, 7) is 0. The summed E-state index contributed by atoms with van der Waals surface area (Å²) in [5.74, 6) is 0.889. The molecule has 1 saturated carbocycles. The maximum Gasteiger partial charge on any atom is 0.207 e. The Morgan fingerprint density at radius 3 is 2.85 bits per heavy atom. The average Bonchev–Trinajstić information content (AvgIpc) is 2.91. The van der Waals surface area contributed by atoms with Gasteiger partial charge in [0.25, 0.3) is 0 Å². The van der Waals surface area contributed by atoms with Gasteiger partial charge in [-0.15, -0.1) is 0 Å². The highest BCUT2D eigenvalue weighted by Gasteiger charge is 2.16. The van der Waals surface area contributed by atoms with Crippen molar-refractivity contribution < 1.29 is 0 Å². The number of imidazole rings is 1. The molecule has 3 nitrogen and oxygen atoms in total. The molecule has 1 heterocycles. The van der Waals surface area contributed by atoms with Crippen LogP contribution in [0, 0.1) is 0 Å². The van der Waals surface area contributed by atoms with Crippen LogP contribution in [0.25, 0.3) is 5.69 Å². The van der Waals surface area contributed by atoms with Gasteiger partial charge in [-0.3, -0.25) is 4.57 Å². The molecule has 106 valence electrons. The van der Waals surface area contributed by atoms with Crippen LogP contribution >= 0.6 is 27.5 Å². The Labute approximate surface area is 132 Å². The number of aromatic nitrogens is 2. The highest BCUT2D eigenvalue weighted by atomic mass is 79.9. The molecule has 0 unspecified atom stereocenters. The molecule has 20 heavy (non-hydrogen) atoms. The SMILES string of the molecule is Clc1cccc(-n2ccnc2NC2CCCCC2)c1Br. The van der Waals surface area contributed by atoms with Gasteiger partial charge in [0.2, 0.25) is 5.95 Å². The fourth-order valence-electron chi connectivity index (χ4n) is 2.71. The van der Waals surface area contributed by atoms with E-state index in [-0.39, 0.29) is 0 Å². The molecule has 0 atom stereocenters. The molecule has 5 heteroatoms. The minimum atomic E-state index is 0.530. The third-order valence-electron chi connectivity index (χ3n) is 3.77. The summed E-state index contributed by atoms with van der Waals surface area (Å²) in [6.07, 6.45) is 10.2. The van der Waals surface area contributed by atoms with E-state index in [1.54, 1.807) is 0 Å². The molecule has 1 N–H and O–H groups in total. The lowest BCUT2D eigenvalue weighted by atomic mass is 9.96. The van der Waals surface area contributed by atoms with E-state index in [2.05, 4.69) is 26.2 Å². The summed E-state index contributed by atoms with van der Waals surface area (Å²) in [4.78, 5) is 4.45. The maximum absolute atomic E-state index is 6.17. The van der Waals surface area contributed by atoms with Gasteiger partial charge in [-0.05, 0) is 40.9 Å². The fourth-order valence-corrected chi connectivity index (χ4v) is 3.34. The first kappa shape index (κ1) is 14.0. The van der Waals surface area contributed by atoms with Gasteiger partial charge in [0.05, 0.1) is 15.2 Å². The second-order valence-electron chi connectivity index (χ2n) is 5.17. The highest BCUT2D eigenvalue weighted by Crippen LogP contribution is 2.31. The van der Waals surface area contributed by atoms with Gasteiger partial charge in [0.1, 0.15) is 0 Å². The lowest BCUT2D eigenvalue weighted by Gasteiger charge is -2.24. The van der Waals surface area contributed by atoms with Crippen LogP contribution in [-0.2, 0) is 0 Å². The van der Waals surface area contributed by atoms with Gasteiger partial charge in [0.15, 0.2) is 0 Å². The van der Waals surface area contributed by atoms with Crippen LogP contribution in [0.5, 0.6) is 0 Å². The Bertz CT molecular complexity index is 591. The van der Waals surface area contributed by atoms with Crippen molar-refractivity contribution in [3.05, 3.63) is 40.1 Å². The molecule has 1 aliphatic carbocycles. The predicted molar refractivity (Wildman–Crippen MR) is 86.8 cm³/mol. The Kier molecular flexibility index (Phi) is 4.32. The molecule has 1 aliphatic rings. The number of benzene rings is 1. The number of halogens is 2. The fraction of sp³-hybridized carbons (Fsp3) is 0.400. The minimum absolute atomic E-state index is 0.530. The Morgan fingerprint density at radius 2 is 2.05 bits per heavy atom. The number of nitrogens with zero attached hydrogens (tertiary/aromatic N) is 2. The summed E-state index contributed by atoms with van der Waals surface area (Å²) in [6, 6.07) is 6.39. The lowest BCUT2D eigenvalue weighted by Crippen LogP contribution is -2.24. The number of nitrogens with one attached hydrogen (secondary N) is 1. The van der Waals surface area contributed by atoms with Crippen molar-refractivity contribution in [3.8, 4) is 5.69 Å². The van der Waals surface area contributed by atoms with Crippen molar-refractivity contribution in [1.29, 1.82) is 0 Å². The van der Waals surface area contributed by atoms with Crippen molar-refractivity contribution in [1.82, 2.24) is 9.55 Å². The van der Waals surface area contributed by atoms with E-state index >= 15 is 0 Å². The van der Waals surface area contributed by atoms with Gasteiger partial charge >= 0.3 is 0 Å². The first-order valence-electron chi connectivity index (χ1n) is 7.00. The van der Waals surface area contributed by atoms with Gasteiger partial charge in [-0.2, -0.15) is 0 Å². The van der Waals surface area contributed by atoms with Crippen LogP contribution in [0.3, 0.4) is 0 Å². The zero-order valence-corrected chi connectivity index (χ0v) is 13.5. The Balaban J connectivity index is 1.87. The molecular formula is C15H17BrClN3. The summed E-state index contributed by atoms with van der Waals surface area (Å²) >= 11 is 9.73. The molecule has 3 rings (SSSR count). The number of hydrogen-bond acceptors (Lipinski definition) is 2. The van der Waals surface area contributed by atoms with Crippen molar-refractivity contribution in [3.63, 3.8) is 0 Å². The summed E-state index contributed by atoms with van der Waals surface area (Å²) in [5.41, 5.74) is 1.01. The van der Waals surface area contributed by atoms with E-state index in [0.717, 1.165) is 16.1 Å². The molecule has 0 amide bonds. The summed E-state index contributed by atoms with van der Waals surface area (Å²) in [7, 11) is 0. The largest absolute Gasteiger partial charge is 0.353 e. The van der Waals surface area contributed by atoms with Gasteiger partial charge in [-0.1, -0.05) is 36.9 Å². The molecule has 0 radical (unpaired) electrons. The van der Waals surface area contributed by atoms with Gasteiger partial charge in [0, 0.05) is 18.4 Å². The zero-order valence-electron chi connectivity index (χ0n) is 11.1. The topological polar surface area (TPSA) is 29.9 Å². The molecule has 0 aliphatic heterocycles. The number of anilines is 1. The van der Waals surface area contributed by atoms with Crippen LogP contribution in [0.2, 0.25) is 5.02 Å². The monoisotopic (exact) mass is 353 g/mol.